The first-order chi connectivity index (χ1) is 8.25. The van der Waals surface area contributed by atoms with Crippen LogP contribution in [0.25, 0.3) is 11.1 Å². The van der Waals surface area contributed by atoms with Crippen molar-refractivity contribution >= 4 is 16.2 Å². The van der Waals surface area contributed by atoms with E-state index in [0.717, 1.165) is 17.5 Å². The maximum Gasteiger partial charge on any atom is 0.316 e. The summed E-state index contributed by atoms with van der Waals surface area (Å²) in [6, 6.07) is 13.7. The van der Waals surface area contributed by atoms with Crippen molar-refractivity contribution in [2.45, 2.75) is 6.42 Å². The Morgan fingerprint density at radius 3 is 2.53 bits per heavy atom. The number of rotatable bonds is 1. The highest BCUT2D eigenvalue weighted by Crippen LogP contribution is 2.40. The fraction of sp³-hybridized carbons (Fsp3) is 0.0769. The van der Waals surface area contributed by atoms with Crippen LogP contribution in [-0.4, -0.2) is 8.42 Å². The van der Waals surface area contributed by atoms with Gasteiger partial charge in [-0.25, -0.2) is 0 Å². The molecule has 0 fully saturated rings. The van der Waals surface area contributed by atoms with E-state index >= 15 is 0 Å². The predicted molar refractivity (Wildman–Crippen MR) is 65.7 cm³/mol. The van der Waals surface area contributed by atoms with Crippen LogP contribution in [0.4, 0.5) is 5.69 Å². The van der Waals surface area contributed by atoms with E-state index in [9.17, 15) is 8.42 Å². The lowest BCUT2D eigenvalue weighted by Gasteiger charge is -2.01. The molecule has 2 aromatic rings. The molecule has 0 saturated carbocycles. The largest absolute Gasteiger partial charge is 0.316 e. The predicted octanol–water partition coefficient (Wildman–Crippen LogP) is 2.95. The molecule has 17 heavy (non-hydrogen) atoms. The van der Waals surface area contributed by atoms with Crippen molar-refractivity contribution in [3.05, 3.63) is 53.6 Å². The normalized spacial score (nSPS) is 11.8. The average Bonchev–Trinajstić information content (AvgIpc) is 2.68. The molecule has 0 bridgehead atoms. The molecule has 3 nitrogen and oxygen atoms in total. The van der Waals surface area contributed by atoms with E-state index in [2.05, 4.69) is 16.5 Å². The Kier molecular flexibility index (Phi) is 2.30. The fourth-order valence-electron chi connectivity index (χ4n) is 2.31. The zero-order valence-electron chi connectivity index (χ0n) is 8.92. The van der Waals surface area contributed by atoms with E-state index in [4.69, 9.17) is 0 Å². The summed E-state index contributed by atoms with van der Waals surface area (Å²) in [6.45, 7) is 0. The van der Waals surface area contributed by atoms with Crippen molar-refractivity contribution < 1.29 is 8.42 Å². The lowest BCUT2D eigenvalue weighted by atomic mass is 10.1. The molecule has 0 radical (unpaired) electrons. The Morgan fingerprint density at radius 1 is 0.941 bits per heavy atom. The minimum absolute atomic E-state index is 0.548. The molecule has 0 amide bonds. The lowest BCUT2D eigenvalue weighted by molar-refractivity contribution is 0.622. The Bertz CT molecular complexity index is 725. The summed E-state index contributed by atoms with van der Waals surface area (Å²) in [6.07, 6.45) is 0.752. The molecule has 4 heteroatoms. The van der Waals surface area contributed by atoms with Gasteiger partial charge in [0.15, 0.2) is 0 Å². The highest BCUT2D eigenvalue weighted by Gasteiger charge is 2.20. The van der Waals surface area contributed by atoms with Gasteiger partial charge in [-0.2, -0.15) is 8.42 Å². The van der Waals surface area contributed by atoms with Crippen molar-refractivity contribution in [3.63, 3.8) is 0 Å². The van der Waals surface area contributed by atoms with Crippen molar-refractivity contribution in [1.29, 1.82) is 0 Å². The molecule has 0 N–H and O–H groups in total. The first-order valence-corrected chi connectivity index (χ1v) is 6.30. The van der Waals surface area contributed by atoms with Crippen LogP contribution in [0, 0.1) is 0 Å². The number of hydrogen-bond donors (Lipinski definition) is 0. The van der Waals surface area contributed by atoms with Gasteiger partial charge >= 0.3 is 10.5 Å². The van der Waals surface area contributed by atoms with Crippen molar-refractivity contribution in [2.75, 3.05) is 0 Å². The smallest absolute Gasteiger partial charge is 0.163 e. The van der Waals surface area contributed by atoms with E-state index < -0.39 is 10.5 Å². The summed E-state index contributed by atoms with van der Waals surface area (Å²) < 4.78 is 25.0. The standard InChI is InChI=1S/C13H9NO2S/c15-17(16)14-13-7-3-6-11-10-5-2-1-4-9(10)8-12(11)13/h1-7H,8H2. The van der Waals surface area contributed by atoms with E-state index in [1.807, 2.05) is 24.3 Å². The molecule has 0 saturated heterocycles. The molecule has 1 aliphatic rings. The SMILES string of the molecule is O=S(=O)=Nc1cccc2c1Cc1ccccc1-2. The Morgan fingerprint density at radius 2 is 1.71 bits per heavy atom. The zero-order chi connectivity index (χ0) is 11.8. The van der Waals surface area contributed by atoms with E-state index in [0.29, 0.717) is 5.69 Å². The molecular weight excluding hydrogens is 234 g/mol. The first-order valence-electron chi connectivity index (χ1n) is 5.27. The van der Waals surface area contributed by atoms with Gasteiger partial charge in [0.05, 0.1) is 5.69 Å². The molecule has 0 aliphatic heterocycles. The van der Waals surface area contributed by atoms with Gasteiger partial charge < -0.3 is 0 Å². The summed E-state index contributed by atoms with van der Waals surface area (Å²) in [7, 11) is -2.40. The lowest BCUT2D eigenvalue weighted by Crippen LogP contribution is -1.81. The molecule has 0 spiro atoms. The molecule has 3 rings (SSSR count). The second kappa shape index (κ2) is 3.82. The zero-order valence-corrected chi connectivity index (χ0v) is 9.74. The second-order valence-corrected chi connectivity index (χ2v) is 4.56. The molecule has 0 unspecified atom stereocenters. The van der Waals surface area contributed by atoms with Gasteiger partial charge in [-0.3, -0.25) is 0 Å². The van der Waals surface area contributed by atoms with Crippen LogP contribution in [0.1, 0.15) is 11.1 Å². The topological polar surface area (TPSA) is 46.5 Å². The third kappa shape index (κ3) is 1.66. The van der Waals surface area contributed by atoms with Gasteiger partial charge in [-0.1, -0.05) is 36.4 Å². The number of benzene rings is 2. The maximum atomic E-state index is 10.7. The molecule has 0 atom stereocenters. The van der Waals surface area contributed by atoms with Crippen LogP contribution in [0.3, 0.4) is 0 Å². The minimum Gasteiger partial charge on any atom is -0.163 e. The Labute approximate surface area is 100 Å². The van der Waals surface area contributed by atoms with Crippen molar-refractivity contribution in [2.24, 2.45) is 4.36 Å². The van der Waals surface area contributed by atoms with Crippen LogP contribution in [0.5, 0.6) is 0 Å². The molecule has 0 aromatic heterocycles. The van der Waals surface area contributed by atoms with Crippen LogP contribution in [0.15, 0.2) is 46.8 Å². The van der Waals surface area contributed by atoms with E-state index in [1.54, 1.807) is 6.07 Å². The van der Waals surface area contributed by atoms with Gasteiger partial charge in [-0.05, 0) is 28.3 Å². The van der Waals surface area contributed by atoms with Gasteiger partial charge in [0, 0.05) is 6.42 Å². The van der Waals surface area contributed by atoms with Crippen LogP contribution < -0.4 is 0 Å². The molecule has 2 aromatic carbocycles. The summed E-state index contributed by atoms with van der Waals surface area (Å²) in [4.78, 5) is 0. The average molecular weight is 243 g/mol. The van der Waals surface area contributed by atoms with Crippen LogP contribution in [-0.2, 0) is 16.9 Å². The van der Waals surface area contributed by atoms with Crippen molar-refractivity contribution in [3.8, 4) is 11.1 Å². The molecule has 1 aliphatic carbocycles. The van der Waals surface area contributed by atoms with Crippen LogP contribution >= 0.6 is 0 Å². The summed E-state index contributed by atoms with van der Waals surface area (Å²) in [5.74, 6) is 0. The summed E-state index contributed by atoms with van der Waals surface area (Å²) in [5.41, 5.74) is 5.04. The molecule has 0 heterocycles. The second-order valence-electron chi connectivity index (χ2n) is 3.95. The van der Waals surface area contributed by atoms with Gasteiger partial charge in [0.2, 0.25) is 0 Å². The minimum atomic E-state index is -2.40. The number of fused-ring (bicyclic) bond motifs is 3. The fourth-order valence-corrected chi connectivity index (χ4v) is 2.64. The number of nitrogens with zero attached hydrogens (tertiary/aromatic N) is 1. The summed E-state index contributed by atoms with van der Waals surface area (Å²) in [5, 5.41) is 0. The summed E-state index contributed by atoms with van der Waals surface area (Å²) >= 11 is 0. The van der Waals surface area contributed by atoms with Gasteiger partial charge in [0.1, 0.15) is 0 Å². The van der Waals surface area contributed by atoms with Crippen LogP contribution in [0.2, 0.25) is 0 Å². The number of hydrogen-bond acceptors (Lipinski definition) is 3. The van der Waals surface area contributed by atoms with E-state index in [-0.39, 0.29) is 0 Å². The Balaban J connectivity index is 2.27. The highest BCUT2D eigenvalue weighted by atomic mass is 32.2. The van der Waals surface area contributed by atoms with Crippen molar-refractivity contribution in [1.82, 2.24) is 0 Å². The monoisotopic (exact) mass is 243 g/mol. The molecular formula is C13H9NO2S. The molecule has 84 valence electrons. The third-order valence-corrected chi connectivity index (χ3v) is 3.34. The van der Waals surface area contributed by atoms with Gasteiger partial charge in [0.25, 0.3) is 0 Å². The van der Waals surface area contributed by atoms with E-state index in [1.165, 1.54) is 11.1 Å². The quantitative estimate of drug-likeness (QED) is 0.659. The van der Waals surface area contributed by atoms with Gasteiger partial charge in [-0.15, -0.1) is 4.36 Å². The maximum absolute atomic E-state index is 10.7. The third-order valence-electron chi connectivity index (χ3n) is 3.00. The highest BCUT2D eigenvalue weighted by molar-refractivity contribution is 7.61. The Hall–Kier alpha value is -1.94. The first kappa shape index (κ1) is 10.2.